The molecule has 1 rings (SSSR count). The first-order valence-corrected chi connectivity index (χ1v) is 5.76. The van der Waals surface area contributed by atoms with Crippen molar-refractivity contribution in [3.05, 3.63) is 10.6 Å². The van der Waals surface area contributed by atoms with Crippen molar-refractivity contribution in [2.75, 3.05) is 13.2 Å². The highest BCUT2D eigenvalue weighted by Gasteiger charge is 2.19. The number of rotatable bonds is 5. The second-order valence-electron chi connectivity index (χ2n) is 4.67. The quantitative estimate of drug-likeness (QED) is 0.657. The molecule has 1 aromatic rings. The van der Waals surface area contributed by atoms with E-state index in [2.05, 4.69) is 10.2 Å². The highest BCUT2D eigenvalue weighted by Crippen LogP contribution is 2.16. The van der Waals surface area contributed by atoms with Crippen LogP contribution in [0.25, 0.3) is 0 Å². The lowest BCUT2D eigenvalue weighted by atomic mass is 10.1. The Hall–Kier alpha value is -0.820. The number of hydrogen-bond acceptors (Lipinski definition) is 3. The van der Waals surface area contributed by atoms with Crippen molar-refractivity contribution in [2.45, 2.75) is 39.2 Å². The van der Waals surface area contributed by atoms with Gasteiger partial charge in [0.1, 0.15) is 12.4 Å². The average Bonchev–Trinajstić information content (AvgIpc) is 2.53. The fourth-order valence-corrected chi connectivity index (χ4v) is 1.95. The molecule has 0 aliphatic carbocycles. The molecular weight excluding hydrogens is 248 g/mol. The van der Waals surface area contributed by atoms with Gasteiger partial charge in [-0.25, -0.2) is 8.78 Å². The zero-order chi connectivity index (χ0) is 13.1. The van der Waals surface area contributed by atoms with Crippen molar-refractivity contribution < 1.29 is 13.5 Å². The molecule has 1 heterocycles. The van der Waals surface area contributed by atoms with Crippen molar-refractivity contribution in [3.8, 4) is 0 Å². The number of nitrogens with zero attached hydrogens (tertiary/aromatic N) is 2. The molecule has 0 saturated carbocycles. The van der Waals surface area contributed by atoms with E-state index in [0.717, 1.165) is 5.82 Å². The van der Waals surface area contributed by atoms with Gasteiger partial charge in [0.05, 0.1) is 6.61 Å². The molecule has 1 N–H and O–H groups in total. The van der Waals surface area contributed by atoms with E-state index < -0.39 is 13.0 Å². The molecule has 0 spiro atoms. The van der Waals surface area contributed by atoms with Crippen molar-refractivity contribution in [2.24, 2.45) is 0 Å². The monoisotopic (exact) mass is 265 g/mol. The largest absolute Gasteiger partial charge is 0.375 e. The number of H-pyrrole nitrogens is 1. The Labute approximate surface area is 104 Å². The topological polar surface area (TPSA) is 42.8 Å². The van der Waals surface area contributed by atoms with Gasteiger partial charge in [-0.05, 0) is 33.0 Å². The molecule has 17 heavy (non-hydrogen) atoms. The second kappa shape index (κ2) is 5.68. The molecule has 0 amide bonds. The van der Waals surface area contributed by atoms with Crippen LogP contribution in [0, 0.1) is 4.77 Å². The van der Waals surface area contributed by atoms with Crippen LogP contribution in [0.15, 0.2) is 0 Å². The summed E-state index contributed by atoms with van der Waals surface area (Å²) in [7, 11) is 0. The van der Waals surface area contributed by atoms with Crippen LogP contribution in [0.4, 0.5) is 8.78 Å². The SMILES string of the molecule is CC(C)(C)n1c(CCOCC(F)F)n[nH]c1=S. The first-order valence-electron chi connectivity index (χ1n) is 5.35. The number of hydrogen-bond donors (Lipinski definition) is 1. The van der Waals surface area contributed by atoms with Crippen molar-refractivity contribution in [1.29, 1.82) is 0 Å². The molecule has 0 atom stereocenters. The van der Waals surface area contributed by atoms with Crippen LogP contribution in [-0.4, -0.2) is 34.4 Å². The van der Waals surface area contributed by atoms with Gasteiger partial charge in [0.2, 0.25) is 0 Å². The van der Waals surface area contributed by atoms with Gasteiger partial charge in [0, 0.05) is 12.0 Å². The fourth-order valence-electron chi connectivity index (χ4n) is 1.52. The molecule has 0 aromatic carbocycles. The van der Waals surface area contributed by atoms with Gasteiger partial charge in [-0.15, -0.1) is 0 Å². The van der Waals surface area contributed by atoms with E-state index in [1.54, 1.807) is 0 Å². The van der Waals surface area contributed by atoms with E-state index in [0.29, 0.717) is 11.2 Å². The summed E-state index contributed by atoms with van der Waals surface area (Å²) in [4.78, 5) is 0. The van der Waals surface area contributed by atoms with Crippen LogP contribution < -0.4 is 0 Å². The van der Waals surface area contributed by atoms with Gasteiger partial charge in [-0.2, -0.15) is 5.10 Å². The Balaban J connectivity index is 2.63. The Bertz CT molecular complexity index is 408. The average molecular weight is 265 g/mol. The predicted octanol–water partition coefficient (Wildman–Crippen LogP) is 2.52. The molecule has 0 unspecified atom stereocenters. The number of nitrogens with one attached hydrogen (secondary N) is 1. The molecular formula is C10H17F2N3OS. The molecule has 4 nitrogen and oxygen atoms in total. The van der Waals surface area contributed by atoms with Gasteiger partial charge in [0.25, 0.3) is 6.43 Å². The normalized spacial score (nSPS) is 12.4. The standard InChI is InChI=1S/C10H17F2N3OS/c1-10(2,3)15-8(13-14-9(15)17)4-5-16-6-7(11)12/h7H,4-6H2,1-3H3,(H,14,17). The van der Waals surface area contributed by atoms with Crippen LogP contribution in [0.5, 0.6) is 0 Å². The number of aromatic nitrogens is 3. The van der Waals surface area contributed by atoms with Crippen molar-refractivity contribution >= 4 is 12.2 Å². The maximum Gasteiger partial charge on any atom is 0.261 e. The van der Waals surface area contributed by atoms with Crippen LogP contribution >= 0.6 is 12.2 Å². The smallest absolute Gasteiger partial charge is 0.261 e. The third-order valence-electron chi connectivity index (χ3n) is 2.13. The van der Waals surface area contributed by atoms with Gasteiger partial charge < -0.3 is 4.74 Å². The number of aromatic amines is 1. The summed E-state index contributed by atoms with van der Waals surface area (Å²) in [6.45, 7) is 5.67. The molecule has 0 bridgehead atoms. The molecule has 98 valence electrons. The minimum atomic E-state index is -2.43. The van der Waals surface area contributed by atoms with E-state index >= 15 is 0 Å². The highest BCUT2D eigenvalue weighted by molar-refractivity contribution is 7.71. The van der Waals surface area contributed by atoms with E-state index in [4.69, 9.17) is 17.0 Å². The first kappa shape index (κ1) is 14.2. The molecule has 0 saturated heterocycles. The highest BCUT2D eigenvalue weighted by atomic mass is 32.1. The summed E-state index contributed by atoms with van der Waals surface area (Å²) >= 11 is 5.13. The van der Waals surface area contributed by atoms with Crippen LogP contribution in [0.2, 0.25) is 0 Å². The Morgan fingerprint density at radius 2 is 2.12 bits per heavy atom. The van der Waals surface area contributed by atoms with Gasteiger partial charge in [0.15, 0.2) is 4.77 Å². The van der Waals surface area contributed by atoms with Gasteiger partial charge >= 0.3 is 0 Å². The maximum atomic E-state index is 11.9. The van der Waals surface area contributed by atoms with Crippen molar-refractivity contribution in [1.82, 2.24) is 14.8 Å². The summed E-state index contributed by atoms with van der Waals surface area (Å²) in [5, 5.41) is 6.78. The molecule has 0 aliphatic heterocycles. The van der Waals surface area contributed by atoms with Gasteiger partial charge in [-0.1, -0.05) is 0 Å². The van der Waals surface area contributed by atoms with Crippen LogP contribution in [0.3, 0.4) is 0 Å². The Morgan fingerprint density at radius 3 is 2.65 bits per heavy atom. The van der Waals surface area contributed by atoms with E-state index in [1.807, 2.05) is 25.3 Å². The number of ether oxygens (including phenoxy) is 1. The lowest BCUT2D eigenvalue weighted by molar-refractivity contribution is 0.0179. The third kappa shape index (κ3) is 4.16. The zero-order valence-electron chi connectivity index (χ0n) is 10.2. The maximum absolute atomic E-state index is 11.9. The van der Waals surface area contributed by atoms with Gasteiger partial charge in [-0.3, -0.25) is 9.67 Å². The summed E-state index contributed by atoms with van der Waals surface area (Å²) in [6.07, 6.45) is -1.98. The predicted molar refractivity (Wildman–Crippen MR) is 62.9 cm³/mol. The second-order valence-corrected chi connectivity index (χ2v) is 5.05. The summed E-state index contributed by atoms with van der Waals surface area (Å²) in [5.41, 5.74) is -0.192. The minimum absolute atomic E-state index is 0.192. The molecule has 0 fully saturated rings. The summed E-state index contributed by atoms with van der Waals surface area (Å²) < 4.78 is 31.0. The van der Waals surface area contributed by atoms with E-state index in [1.165, 1.54) is 0 Å². The third-order valence-corrected chi connectivity index (χ3v) is 2.40. The Morgan fingerprint density at radius 1 is 1.47 bits per heavy atom. The summed E-state index contributed by atoms with van der Waals surface area (Å²) in [5.74, 6) is 0.719. The van der Waals surface area contributed by atoms with E-state index in [-0.39, 0.29) is 12.1 Å². The molecule has 1 aromatic heterocycles. The zero-order valence-corrected chi connectivity index (χ0v) is 11.0. The summed E-state index contributed by atoms with van der Waals surface area (Å²) in [6, 6.07) is 0. The molecule has 7 heteroatoms. The van der Waals surface area contributed by atoms with Crippen LogP contribution in [-0.2, 0) is 16.7 Å². The van der Waals surface area contributed by atoms with Crippen LogP contribution in [0.1, 0.15) is 26.6 Å². The first-order chi connectivity index (χ1) is 7.82. The minimum Gasteiger partial charge on any atom is -0.375 e. The van der Waals surface area contributed by atoms with E-state index in [9.17, 15) is 8.78 Å². The molecule has 0 aliphatic rings. The lowest BCUT2D eigenvalue weighted by Crippen LogP contribution is -2.25. The van der Waals surface area contributed by atoms with Crippen molar-refractivity contribution in [3.63, 3.8) is 0 Å². The number of alkyl halides is 2. The number of halogens is 2. The lowest BCUT2D eigenvalue weighted by Gasteiger charge is -2.22. The Kier molecular flexibility index (Phi) is 4.76. The fraction of sp³-hybridized carbons (Fsp3) is 0.800. The molecule has 0 radical (unpaired) electrons.